The average molecular weight is 333 g/mol. The predicted molar refractivity (Wildman–Crippen MR) is 85.8 cm³/mol. The Hall–Kier alpha value is -2.21. The molecule has 0 fully saturated rings. The number of carbonyl (C=O) groups excluding carboxylic acids is 1. The lowest BCUT2D eigenvalue weighted by Gasteiger charge is -2.30. The number of hydrogen-bond acceptors (Lipinski definition) is 3. The number of fused-ring (bicyclic) bond motifs is 1. The lowest BCUT2D eigenvalue weighted by molar-refractivity contribution is 0.0981. The first-order chi connectivity index (χ1) is 10.8. The quantitative estimate of drug-likeness (QED) is 0.848. The van der Waals surface area contributed by atoms with Crippen molar-refractivity contribution in [2.45, 2.75) is 25.2 Å². The molecule has 0 saturated carbocycles. The molecule has 2 aromatic rings. The SMILES string of the molecule is Cc1ccc(C)c(S(=O)(=O)N2CCC(=O)c3cc(F)ccc32)c1. The molecule has 0 aliphatic carbocycles. The van der Waals surface area contributed by atoms with Gasteiger partial charge in [0, 0.05) is 18.5 Å². The van der Waals surface area contributed by atoms with Gasteiger partial charge < -0.3 is 0 Å². The molecule has 1 heterocycles. The summed E-state index contributed by atoms with van der Waals surface area (Å²) in [7, 11) is -3.81. The van der Waals surface area contributed by atoms with Gasteiger partial charge in [-0.25, -0.2) is 12.8 Å². The van der Waals surface area contributed by atoms with Crippen molar-refractivity contribution in [3.63, 3.8) is 0 Å². The minimum Gasteiger partial charge on any atom is -0.294 e. The van der Waals surface area contributed by atoms with E-state index in [9.17, 15) is 17.6 Å². The van der Waals surface area contributed by atoms with Gasteiger partial charge in [0.15, 0.2) is 5.78 Å². The summed E-state index contributed by atoms with van der Waals surface area (Å²) in [6.45, 7) is 3.61. The molecule has 6 heteroatoms. The molecule has 0 aromatic heterocycles. The Morgan fingerprint density at radius 3 is 2.57 bits per heavy atom. The number of rotatable bonds is 2. The Kier molecular flexibility index (Phi) is 3.72. The van der Waals surface area contributed by atoms with Crippen LogP contribution in [-0.4, -0.2) is 20.7 Å². The maximum absolute atomic E-state index is 13.4. The normalized spacial score (nSPS) is 14.7. The van der Waals surface area contributed by atoms with Gasteiger partial charge >= 0.3 is 0 Å². The molecule has 0 unspecified atom stereocenters. The highest BCUT2D eigenvalue weighted by molar-refractivity contribution is 7.92. The van der Waals surface area contributed by atoms with Gasteiger partial charge in [-0.05, 0) is 49.2 Å². The molecular formula is C17H16FNO3S. The van der Waals surface area contributed by atoms with Crippen molar-refractivity contribution >= 4 is 21.5 Å². The van der Waals surface area contributed by atoms with Crippen molar-refractivity contribution in [1.29, 1.82) is 0 Å². The second kappa shape index (κ2) is 5.45. The van der Waals surface area contributed by atoms with E-state index < -0.39 is 15.8 Å². The van der Waals surface area contributed by atoms with Crippen LogP contribution >= 0.6 is 0 Å². The molecule has 4 nitrogen and oxygen atoms in total. The molecule has 0 spiro atoms. The third-order valence-corrected chi connectivity index (χ3v) is 5.94. The highest BCUT2D eigenvalue weighted by Crippen LogP contribution is 2.33. The van der Waals surface area contributed by atoms with Crippen LogP contribution < -0.4 is 4.31 Å². The topological polar surface area (TPSA) is 54.5 Å². The molecule has 1 aliphatic rings. The number of sulfonamides is 1. The molecule has 0 atom stereocenters. The van der Waals surface area contributed by atoms with Gasteiger partial charge in [0.2, 0.25) is 0 Å². The van der Waals surface area contributed by atoms with Crippen LogP contribution in [0.15, 0.2) is 41.3 Å². The molecule has 0 amide bonds. The molecule has 0 radical (unpaired) electrons. The fourth-order valence-electron chi connectivity index (χ4n) is 2.76. The third kappa shape index (κ3) is 2.63. The van der Waals surface area contributed by atoms with E-state index in [1.165, 1.54) is 16.4 Å². The van der Waals surface area contributed by atoms with E-state index in [-0.39, 0.29) is 34.9 Å². The Balaban J connectivity index is 2.17. The Labute approximate surface area is 134 Å². The van der Waals surface area contributed by atoms with Gasteiger partial charge in [-0.15, -0.1) is 0 Å². The number of carbonyl (C=O) groups is 1. The number of ketones is 1. The van der Waals surface area contributed by atoms with Crippen LogP contribution in [0.5, 0.6) is 0 Å². The number of hydrogen-bond donors (Lipinski definition) is 0. The average Bonchev–Trinajstić information content (AvgIpc) is 2.50. The maximum atomic E-state index is 13.4. The Morgan fingerprint density at radius 2 is 1.83 bits per heavy atom. The summed E-state index contributed by atoms with van der Waals surface area (Å²) in [4.78, 5) is 12.2. The minimum atomic E-state index is -3.81. The van der Waals surface area contributed by atoms with Crippen molar-refractivity contribution in [3.05, 3.63) is 58.9 Å². The molecule has 3 rings (SSSR count). The summed E-state index contributed by atoms with van der Waals surface area (Å²) in [5.41, 5.74) is 1.83. The third-order valence-electron chi connectivity index (χ3n) is 3.98. The molecule has 1 aliphatic heterocycles. The molecule has 23 heavy (non-hydrogen) atoms. The molecular weight excluding hydrogens is 317 g/mol. The Bertz CT molecular complexity index is 906. The van der Waals surface area contributed by atoms with E-state index in [1.807, 2.05) is 13.0 Å². The highest BCUT2D eigenvalue weighted by atomic mass is 32.2. The van der Waals surface area contributed by atoms with E-state index in [2.05, 4.69) is 0 Å². The van der Waals surface area contributed by atoms with Gasteiger partial charge in [0.1, 0.15) is 5.82 Å². The number of anilines is 1. The molecule has 0 N–H and O–H groups in total. The van der Waals surface area contributed by atoms with Gasteiger partial charge in [-0.1, -0.05) is 12.1 Å². The smallest absolute Gasteiger partial charge is 0.264 e. The first kappa shape index (κ1) is 15.7. The summed E-state index contributed by atoms with van der Waals surface area (Å²) < 4.78 is 40.7. The van der Waals surface area contributed by atoms with Crippen LogP contribution in [0.4, 0.5) is 10.1 Å². The zero-order valence-corrected chi connectivity index (χ0v) is 13.7. The zero-order valence-electron chi connectivity index (χ0n) is 12.8. The number of nitrogens with zero attached hydrogens (tertiary/aromatic N) is 1. The number of benzene rings is 2. The Morgan fingerprint density at radius 1 is 1.09 bits per heavy atom. The second-order valence-electron chi connectivity index (χ2n) is 5.68. The van der Waals surface area contributed by atoms with Crippen molar-refractivity contribution < 1.29 is 17.6 Å². The van der Waals surface area contributed by atoms with Crippen LogP contribution in [-0.2, 0) is 10.0 Å². The second-order valence-corrected chi connectivity index (χ2v) is 7.51. The molecule has 0 saturated heterocycles. The van der Waals surface area contributed by atoms with Crippen molar-refractivity contribution in [2.24, 2.45) is 0 Å². The summed E-state index contributed by atoms with van der Waals surface area (Å²) in [6, 6.07) is 8.83. The van der Waals surface area contributed by atoms with Gasteiger partial charge in [-0.3, -0.25) is 9.10 Å². The summed E-state index contributed by atoms with van der Waals surface area (Å²) >= 11 is 0. The monoisotopic (exact) mass is 333 g/mol. The van der Waals surface area contributed by atoms with E-state index in [0.717, 1.165) is 11.6 Å². The van der Waals surface area contributed by atoms with Crippen molar-refractivity contribution in [3.8, 4) is 0 Å². The highest BCUT2D eigenvalue weighted by Gasteiger charge is 2.33. The summed E-state index contributed by atoms with van der Waals surface area (Å²) in [5.74, 6) is -0.796. The predicted octanol–water partition coefficient (Wildman–Crippen LogP) is 3.22. The van der Waals surface area contributed by atoms with Crippen LogP contribution in [0, 0.1) is 19.7 Å². The standard InChI is InChI=1S/C17H16FNO3S/c1-11-3-4-12(2)17(9-11)23(21,22)19-8-7-16(20)14-10-13(18)5-6-15(14)19/h3-6,9-10H,7-8H2,1-2H3. The lowest BCUT2D eigenvalue weighted by Crippen LogP contribution is -2.37. The zero-order chi connectivity index (χ0) is 16.8. The van der Waals surface area contributed by atoms with Crippen LogP contribution in [0.1, 0.15) is 27.9 Å². The van der Waals surface area contributed by atoms with Crippen LogP contribution in [0.3, 0.4) is 0 Å². The molecule has 0 bridgehead atoms. The minimum absolute atomic E-state index is 0.0422. The van der Waals surface area contributed by atoms with E-state index in [4.69, 9.17) is 0 Å². The fourth-order valence-corrected chi connectivity index (χ4v) is 4.56. The number of Topliss-reactive ketones (excluding diaryl/α,β-unsaturated/α-hetero) is 1. The summed E-state index contributed by atoms with van der Waals surface area (Å²) in [5, 5.41) is 0. The maximum Gasteiger partial charge on any atom is 0.264 e. The largest absolute Gasteiger partial charge is 0.294 e. The van der Waals surface area contributed by atoms with E-state index in [0.29, 0.717) is 5.56 Å². The van der Waals surface area contributed by atoms with Gasteiger partial charge in [0.05, 0.1) is 10.6 Å². The van der Waals surface area contributed by atoms with E-state index >= 15 is 0 Å². The fraction of sp³-hybridized carbons (Fsp3) is 0.235. The van der Waals surface area contributed by atoms with E-state index in [1.54, 1.807) is 19.1 Å². The van der Waals surface area contributed by atoms with Gasteiger partial charge in [-0.2, -0.15) is 0 Å². The molecule has 120 valence electrons. The molecule has 2 aromatic carbocycles. The van der Waals surface area contributed by atoms with Crippen LogP contribution in [0.2, 0.25) is 0 Å². The lowest BCUT2D eigenvalue weighted by atomic mass is 10.0. The first-order valence-corrected chi connectivity index (χ1v) is 8.67. The summed E-state index contributed by atoms with van der Waals surface area (Å²) in [6.07, 6.45) is 0.0422. The van der Waals surface area contributed by atoms with Crippen molar-refractivity contribution in [1.82, 2.24) is 0 Å². The number of halogens is 1. The van der Waals surface area contributed by atoms with Crippen LogP contribution in [0.25, 0.3) is 0 Å². The first-order valence-electron chi connectivity index (χ1n) is 7.23. The number of aryl methyl sites for hydroxylation is 2. The van der Waals surface area contributed by atoms with Crippen molar-refractivity contribution in [2.75, 3.05) is 10.8 Å². The van der Waals surface area contributed by atoms with Gasteiger partial charge in [0.25, 0.3) is 10.0 Å².